The predicted molar refractivity (Wildman–Crippen MR) is 292 cm³/mol. The highest BCUT2D eigenvalue weighted by Crippen LogP contribution is 2.66. The van der Waals surface area contributed by atoms with Crippen LogP contribution in [0.1, 0.15) is 81.2 Å². The highest BCUT2D eigenvalue weighted by Gasteiger charge is 2.76. The van der Waals surface area contributed by atoms with Crippen molar-refractivity contribution in [1.82, 2.24) is 15.1 Å². The van der Waals surface area contributed by atoms with Crippen molar-refractivity contribution in [1.29, 1.82) is 0 Å². The van der Waals surface area contributed by atoms with Crippen molar-refractivity contribution in [3.8, 4) is 34.8 Å². The van der Waals surface area contributed by atoms with Gasteiger partial charge in [-0.1, -0.05) is 115 Å². The molecule has 11 rings (SSSR count). The number of methoxy groups -OCH3 is 3. The number of benzene rings is 7. The normalized spacial score (nSPS) is 21.5. The molecule has 2 fully saturated rings. The van der Waals surface area contributed by atoms with Gasteiger partial charge in [0, 0.05) is 24.2 Å². The van der Waals surface area contributed by atoms with Gasteiger partial charge in [-0.05, 0) is 119 Å². The number of morpholine rings is 1. The number of imide groups is 1. The van der Waals surface area contributed by atoms with Crippen molar-refractivity contribution in [3.63, 3.8) is 0 Å². The lowest BCUT2D eigenvalue weighted by Crippen LogP contribution is -2.57. The van der Waals surface area contributed by atoms with Gasteiger partial charge in [0.2, 0.25) is 11.8 Å². The van der Waals surface area contributed by atoms with Crippen LogP contribution in [-0.4, -0.2) is 85.9 Å². The number of aliphatic hydroxyl groups is 1. The van der Waals surface area contributed by atoms with Gasteiger partial charge < -0.3 is 39.0 Å². The summed E-state index contributed by atoms with van der Waals surface area (Å²) in [6.07, 6.45) is -0.491. The Bertz CT molecular complexity index is 3440. The summed E-state index contributed by atoms with van der Waals surface area (Å²) in [6.45, 7) is 2.02. The molecule has 4 amide bonds. The average Bonchev–Trinajstić information content (AvgIpc) is 4.12. The van der Waals surface area contributed by atoms with Crippen LogP contribution >= 0.6 is 0 Å². The maximum atomic E-state index is 17.1. The first kappa shape index (κ1) is 51.2. The maximum Gasteiger partial charge on any atom is 0.329 e. The number of anilines is 1. The summed E-state index contributed by atoms with van der Waals surface area (Å²) >= 11 is 0. The molecule has 14 heteroatoms. The van der Waals surface area contributed by atoms with Crippen LogP contribution in [0.15, 0.2) is 170 Å². The standard InChI is InChI=1S/C64H58N4O10/c1-40(43-14-8-5-9-15-43)65-63(73)67-52-31-24-42(21-20-41-22-27-49(74-2)28-23-41)36-51(52)64(62(67)72)55(60(70)66-33-32-47-37-53(75-3)54(76-4)38-48(47)39-66)57-61(71)78-58(45-18-12-7-13-19-45)56(44-16-10-6-11-17-44)68(57)59(64)46-25-29-50(30-26-46)77-35-34-69/h5-19,22-31,36-38,40,55-59,69H,32-35,39H2,1-4H3,(H,65,73)/t40-,55+,56+,57+,58-,59-,64+/m1/s1. The first-order chi connectivity index (χ1) is 38.1. The molecule has 7 aromatic carbocycles. The molecule has 78 heavy (non-hydrogen) atoms. The Morgan fingerprint density at radius 1 is 0.705 bits per heavy atom. The summed E-state index contributed by atoms with van der Waals surface area (Å²) in [4.78, 5) is 69.9. The number of hydrogen-bond donors (Lipinski definition) is 2. The third-order valence-electron chi connectivity index (χ3n) is 15.6. The summed E-state index contributed by atoms with van der Waals surface area (Å²) in [5, 5.41) is 12.9. The van der Waals surface area contributed by atoms with Gasteiger partial charge in [-0.15, -0.1) is 0 Å². The van der Waals surface area contributed by atoms with Gasteiger partial charge in [-0.25, -0.2) is 9.69 Å². The van der Waals surface area contributed by atoms with Crippen LogP contribution in [0.5, 0.6) is 23.0 Å². The van der Waals surface area contributed by atoms with Crippen LogP contribution in [0.2, 0.25) is 0 Å². The second kappa shape index (κ2) is 21.6. The van der Waals surface area contributed by atoms with E-state index in [1.165, 1.54) is 0 Å². The lowest BCUT2D eigenvalue weighted by Gasteiger charge is -2.46. The van der Waals surface area contributed by atoms with Gasteiger partial charge >= 0.3 is 12.0 Å². The fourth-order valence-electron chi connectivity index (χ4n) is 12.0. The van der Waals surface area contributed by atoms with E-state index in [9.17, 15) is 5.11 Å². The average molecular weight is 1040 g/mol. The zero-order valence-electron chi connectivity index (χ0n) is 43.6. The number of cyclic esters (lactones) is 1. The molecule has 0 bridgehead atoms. The molecule has 4 heterocycles. The Kier molecular flexibility index (Phi) is 14.2. The summed E-state index contributed by atoms with van der Waals surface area (Å²) in [5.74, 6) is 5.37. The molecule has 4 aliphatic heterocycles. The summed E-state index contributed by atoms with van der Waals surface area (Å²) in [5.41, 5.74) is 4.36. The molecule has 2 N–H and O–H groups in total. The van der Waals surface area contributed by atoms with Crippen molar-refractivity contribution in [2.75, 3.05) is 46.0 Å². The number of rotatable bonds is 12. The molecular formula is C64H58N4O10. The van der Waals surface area contributed by atoms with E-state index in [-0.39, 0.29) is 32.0 Å². The Balaban J connectivity index is 1.19. The van der Waals surface area contributed by atoms with E-state index in [2.05, 4.69) is 17.2 Å². The van der Waals surface area contributed by atoms with Crippen LogP contribution in [0, 0.1) is 17.8 Å². The van der Waals surface area contributed by atoms with E-state index >= 15 is 19.2 Å². The summed E-state index contributed by atoms with van der Waals surface area (Å²) in [6, 6.07) is 47.5. The third kappa shape index (κ3) is 9.04. The number of esters is 1. The van der Waals surface area contributed by atoms with E-state index in [4.69, 9.17) is 23.7 Å². The molecule has 2 saturated heterocycles. The number of carbonyl (C=O) groups excluding carboxylic acids is 4. The zero-order chi connectivity index (χ0) is 54.1. The minimum Gasteiger partial charge on any atom is -0.497 e. The second-order valence-corrected chi connectivity index (χ2v) is 19.8. The highest BCUT2D eigenvalue weighted by atomic mass is 16.6. The fourth-order valence-corrected chi connectivity index (χ4v) is 12.0. The minimum atomic E-state index is -2.04. The van der Waals surface area contributed by atoms with Gasteiger partial charge in [-0.3, -0.25) is 19.3 Å². The van der Waals surface area contributed by atoms with Crippen LogP contribution in [0.4, 0.5) is 10.5 Å². The number of hydrogen-bond acceptors (Lipinski definition) is 11. The highest BCUT2D eigenvalue weighted by molar-refractivity contribution is 6.24. The maximum absolute atomic E-state index is 17.1. The second-order valence-electron chi connectivity index (χ2n) is 19.8. The van der Waals surface area contributed by atoms with Gasteiger partial charge in [0.25, 0.3) is 0 Å². The largest absolute Gasteiger partial charge is 0.497 e. The molecular weight excluding hydrogens is 985 g/mol. The van der Waals surface area contributed by atoms with Crippen molar-refractivity contribution in [2.45, 2.75) is 55.6 Å². The Morgan fingerprint density at radius 3 is 1.97 bits per heavy atom. The van der Waals surface area contributed by atoms with E-state index in [0.29, 0.717) is 57.2 Å². The monoisotopic (exact) mass is 1040 g/mol. The first-order valence-electron chi connectivity index (χ1n) is 26.0. The minimum absolute atomic E-state index is 0.0352. The Hall–Kier alpha value is -8.90. The van der Waals surface area contributed by atoms with E-state index in [1.807, 2.05) is 157 Å². The molecule has 14 nitrogen and oxygen atoms in total. The first-order valence-corrected chi connectivity index (χ1v) is 26.0. The van der Waals surface area contributed by atoms with Crippen LogP contribution in [-0.2, 0) is 37.5 Å². The number of urea groups is 1. The lowest BCUT2D eigenvalue weighted by molar-refractivity contribution is -0.179. The summed E-state index contributed by atoms with van der Waals surface area (Å²) in [7, 11) is 4.73. The van der Waals surface area contributed by atoms with Gasteiger partial charge in [0.1, 0.15) is 35.7 Å². The number of nitrogens with one attached hydrogen (secondary N) is 1. The molecule has 4 aliphatic rings. The molecule has 0 unspecified atom stereocenters. The predicted octanol–water partition coefficient (Wildman–Crippen LogP) is 9.20. The lowest BCUT2D eigenvalue weighted by atomic mass is 9.64. The van der Waals surface area contributed by atoms with Crippen molar-refractivity contribution in [2.24, 2.45) is 5.92 Å². The SMILES string of the molecule is COc1ccc(C#Cc2ccc3c(c2)[C@]2(C(=O)N3C(=O)N[C@H](C)c3ccccc3)[C@H](C(=O)N3CCc4cc(OC)c(OC)cc4C3)[C@H]3C(=O)O[C@H](c4ccccc4)[C@H](c4ccccc4)N3[C@@H]2c2ccc(OCCO)cc2)cc1. The van der Waals surface area contributed by atoms with E-state index < -0.39 is 65.4 Å². The Labute approximate surface area is 453 Å². The number of amides is 4. The van der Waals surface area contributed by atoms with Crippen LogP contribution < -0.4 is 29.2 Å². The summed E-state index contributed by atoms with van der Waals surface area (Å²) < 4.78 is 29.5. The van der Waals surface area contributed by atoms with E-state index in [1.54, 1.807) is 50.5 Å². The molecule has 0 aliphatic carbocycles. The molecule has 0 radical (unpaired) electrons. The fraction of sp³-hybridized carbons (Fsp3) is 0.250. The van der Waals surface area contributed by atoms with Crippen LogP contribution in [0.3, 0.4) is 0 Å². The van der Waals surface area contributed by atoms with E-state index in [0.717, 1.165) is 27.2 Å². The van der Waals surface area contributed by atoms with Crippen molar-refractivity contribution in [3.05, 3.63) is 220 Å². The number of aliphatic hydroxyl groups excluding tert-OH is 1. The van der Waals surface area contributed by atoms with Crippen molar-refractivity contribution < 1.29 is 48.0 Å². The number of nitrogens with zero attached hydrogens (tertiary/aromatic N) is 3. The molecule has 0 aromatic heterocycles. The van der Waals surface area contributed by atoms with Gasteiger partial charge in [0.15, 0.2) is 11.5 Å². The topological polar surface area (TPSA) is 156 Å². The number of ether oxygens (including phenoxy) is 5. The smallest absolute Gasteiger partial charge is 0.329 e. The molecule has 1 spiro atoms. The Morgan fingerprint density at radius 2 is 1.32 bits per heavy atom. The number of carbonyl (C=O) groups is 4. The third-order valence-corrected chi connectivity index (χ3v) is 15.6. The number of fused-ring (bicyclic) bond motifs is 4. The van der Waals surface area contributed by atoms with Gasteiger partial charge in [-0.2, -0.15) is 0 Å². The van der Waals surface area contributed by atoms with Crippen molar-refractivity contribution >= 4 is 29.5 Å². The molecule has 7 atom stereocenters. The quantitative estimate of drug-likeness (QED) is 0.0889. The molecule has 394 valence electrons. The zero-order valence-corrected chi connectivity index (χ0v) is 43.6. The molecule has 7 aromatic rings. The molecule has 0 saturated carbocycles. The van der Waals surface area contributed by atoms with Gasteiger partial charge in [0.05, 0.1) is 57.7 Å². The van der Waals surface area contributed by atoms with Crippen LogP contribution in [0.25, 0.3) is 0 Å².